The van der Waals surface area contributed by atoms with Gasteiger partial charge in [-0.2, -0.15) is 5.10 Å². The summed E-state index contributed by atoms with van der Waals surface area (Å²) < 4.78 is 5.03. The summed E-state index contributed by atoms with van der Waals surface area (Å²) >= 11 is 0. The zero-order valence-corrected chi connectivity index (χ0v) is 9.67. The molecule has 16 heavy (non-hydrogen) atoms. The Labute approximate surface area is 94.6 Å². The second-order valence-electron chi connectivity index (χ2n) is 4.30. The number of H-pyrrole nitrogens is 1. The van der Waals surface area contributed by atoms with E-state index in [0.717, 1.165) is 30.2 Å². The van der Waals surface area contributed by atoms with Crippen molar-refractivity contribution in [3.8, 4) is 0 Å². The fourth-order valence-electron chi connectivity index (χ4n) is 1.76. The third-order valence-corrected chi connectivity index (χ3v) is 2.92. The minimum absolute atomic E-state index is 0.0910. The monoisotopic (exact) mass is 223 g/mol. The van der Waals surface area contributed by atoms with Gasteiger partial charge >= 0.3 is 0 Å². The van der Waals surface area contributed by atoms with Gasteiger partial charge in [0.05, 0.1) is 18.9 Å². The summed E-state index contributed by atoms with van der Waals surface area (Å²) in [4.78, 5) is 11.6. The van der Waals surface area contributed by atoms with Crippen LogP contribution in [-0.4, -0.2) is 29.3 Å². The van der Waals surface area contributed by atoms with E-state index in [-0.39, 0.29) is 5.91 Å². The van der Waals surface area contributed by atoms with Gasteiger partial charge in [-0.15, -0.1) is 0 Å². The molecule has 0 unspecified atom stereocenters. The Morgan fingerprint density at radius 1 is 1.56 bits per heavy atom. The largest absolute Gasteiger partial charge is 0.381 e. The number of aryl methyl sites for hydroxylation is 2. The maximum atomic E-state index is 11.6. The summed E-state index contributed by atoms with van der Waals surface area (Å²) in [5.74, 6) is 0.500. The van der Waals surface area contributed by atoms with E-state index in [0.29, 0.717) is 18.9 Å². The van der Waals surface area contributed by atoms with Crippen molar-refractivity contribution >= 4 is 5.91 Å². The Hall–Kier alpha value is -1.36. The number of hydrogen-bond acceptors (Lipinski definition) is 3. The predicted molar refractivity (Wildman–Crippen MR) is 58.8 cm³/mol. The average molecular weight is 223 g/mol. The highest BCUT2D eigenvalue weighted by Gasteiger charge is 2.21. The molecule has 1 aromatic rings. The Morgan fingerprint density at radius 3 is 2.81 bits per heavy atom. The maximum absolute atomic E-state index is 11.6. The number of nitrogens with zero attached hydrogens (tertiary/aromatic N) is 1. The number of ether oxygens (including phenoxy) is 1. The molecular weight excluding hydrogens is 206 g/mol. The van der Waals surface area contributed by atoms with Crippen molar-refractivity contribution < 1.29 is 9.53 Å². The van der Waals surface area contributed by atoms with Crippen LogP contribution in [0.15, 0.2) is 0 Å². The van der Waals surface area contributed by atoms with E-state index >= 15 is 0 Å². The van der Waals surface area contributed by atoms with Gasteiger partial charge in [0, 0.05) is 30.1 Å². The van der Waals surface area contributed by atoms with Crippen molar-refractivity contribution in [2.45, 2.75) is 26.8 Å². The highest BCUT2D eigenvalue weighted by molar-refractivity contribution is 5.76. The molecule has 0 spiro atoms. The zero-order chi connectivity index (χ0) is 11.5. The van der Waals surface area contributed by atoms with E-state index < -0.39 is 0 Å². The van der Waals surface area contributed by atoms with Gasteiger partial charge in [0.25, 0.3) is 0 Å². The summed E-state index contributed by atoms with van der Waals surface area (Å²) in [5.41, 5.74) is 3.05. The molecule has 1 fully saturated rings. The molecule has 2 heterocycles. The zero-order valence-electron chi connectivity index (χ0n) is 9.67. The van der Waals surface area contributed by atoms with Crippen LogP contribution in [-0.2, 0) is 16.1 Å². The van der Waals surface area contributed by atoms with E-state index in [2.05, 4.69) is 15.5 Å². The molecule has 1 aliphatic heterocycles. The molecule has 0 aliphatic carbocycles. The Balaban J connectivity index is 1.80. The number of hydrogen-bond donors (Lipinski definition) is 2. The summed E-state index contributed by atoms with van der Waals surface area (Å²) in [6.07, 6.45) is 0.565. The number of aromatic nitrogens is 2. The minimum Gasteiger partial charge on any atom is -0.381 e. The number of aromatic amines is 1. The quantitative estimate of drug-likeness (QED) is 0.788. The molecule has 0 saturated carbocycles. The lowest BCUT2D eigenvalue weighted by Gasteiger charge is -2.25. The lowest BCUT2D eigenvalue weighted by Crippen LogP contribution is -2.34. The molecule has 5 heteroatoms. The Kier molecular flexibility index (Phi) is 3.24. The maximum Gasteiger partial charge on any atom is 0.220 e. The summed E-state index contributed by atoms with van der Waals surface area (Å²) in [6, 6.07) is 0. The first-order valence-electron chi connectivity index (χ1n) is 5.51. The molecule has 0 radical (unpaired) electrons. The van der Waals surface area contributed by atoms with Gasteiger partial charge in [-0.3, -0.25) is 9.89 Å². The van der Waals surface area contributed by atoms with Crippen LogP contribution in [0.25, 0.3) is 0 Å². The van der Waals surface area contributed by atoms with Crippen molar-refractivity contribution in [2.75, 3.05) is 13.2 Å². The van der Waals surface area contributed by atoms with E-state index in [1.54, 1.807) is 0 Å². The normalized spacial score (nSPS) is 15.9. The Morgan fingerprint density at radius 2 is 2.31 bits per heavy atom. The lowest BCUT2D eigenvalue weighted by atomic mass is 10.0. The molecule has 0 aromatic carbocycles. The molecule has 2 rings (SSSR count). The van der Waals surface area contributed by atoms with E-state index in [9.17, 15) is 4.79 Å². The van der Waals surface area contributed by atoms with Crippen molar-refractivity contribution in [3.63, 3.8) is 0 Å². The van der Waals surface area contributed by atoms with Gasteiger partial charge < -0.3 is 10.1 Å². The lowest BCUT2D eigenvalue weighted by molar-refractivity contribution is -0.126. The average Bonchev–Trinajstić information content (AvgIpc) is 2.50. The van der Waals surface area contributed by atoms with Crippen LogP contribution < -0.4 is 5.32 Å². The summed E-state index contributed by atoms with van der Waals surface area (Å²) in [5, 5.41) is 9.90. The van der Waals surface area contributed by atoms with Crippen LogP contribution >= 0.6 is 0 Å². The third-order valence-electron chi connectivity index (χ3n) is 2.92. The Bertz CT molecular complexity index is 363. The van der Waals surface area contributed by atoms with Gasteiger partial charge in [-0.25, -0.2) is 0 Å². The van der Waals surface area contributed by atoms with Gasteiger partial charge in [0.2, 0.25) is 5.91 Å². The highest BCUT2D eigenvalue weighted by Crippen LogP contribution is 2.14. The van der Waals surface area contributed by atoms with Gasteiger partial charge in [0.15, 0.2) is 0 Å². The molecule has 1 aliphatic rings. The van der Waals surface area contributed by atoms with E-state index in [4.69, 9.17) is 4.74 Å². The molecule has 5 nitrogen and oxygen atoms in total. The second kappa shape index (κ2) is 4.65. The standard InChI is InChI=1S/C11H17N3O2/c1-7-10(8(2)14-13-7)4-12-11(15)3-9-5-16-6-9/h9H,3-6H2,1-2H3,(H,12,15)(H,13,14). The number of carbonyl (C=O) groups is 1. The van der Waals surface area contributed by atoms with Crippen LogP contribution in [0, 0.1) is 19.8 Å². The van der Waals surface area contributed by atoms with E-state index in [1.807, 2.05) is 13.8 Å². The highest BCUT2D eigenvalue weighted by atomic mass is 16.5. The van der Waals surface area contributed by atoms with E-state index in [1.165, 1.54) is 0 Å². The molecule has 1 amide bonds. The molecule has 1 aromatic heterocycles. The van der Waals surface area contributed by atoms with Crippen molar-refractivity contribution in [1.82, 2.24) is 15.5 Å². The van der Waals surface area contributed by atoms with Gasteiger partial charge in [0.1, 0.15) is 0 Å². The van der Waals surface area contributed by atoms with Crippen LogP contribution in [0.2, 0.25) is 0 Å². The number of nitrogens with one attached hydrogen (secondary N) is 2. The fourth-order valence-corrected chi connectivity index (χ4v) is 1.76. The smallest absolute Gasteiger partial charge is 0.220 e. The third kappa shape index (κ3) is 2.41. The number of rotatable bonds is 4. The van der Waals surface area contributed by atoms with Crippen LogP contribution in [0.3, 0.4) is 0 Å². The number of carbonyl (C=O) groups excluding carboxylic acids is 1. The predicted octanol–water partition coefficient (Wildman–Crippen LogP) is 0.679. The van der Waals surface area contributed by atoms with Crippen molar-refractivity contribution in [2.24, 2.45) is 5.92 Å². The van der Waals surface area contributed by atoms with Crippen molar-refractivity contribution in [3.05, 3.63) is 17.0 Å². The SMILES string of the molecule is Cc1n[nH]c(C)c1CNC(=O)CC1COC1. The fraction of sp³-hybridized carbons (Fsp3) is 0.636. The van der Waals surface area contributed by atoms with Gasteiger partial charge in [-0.1, -0.05) is 0 Å². The second-order valence-corrected chi connectivity index (χ2v) is 4.30. The summed E-state index contributed by atoms with van der Waals surface area (Å²) in [7, 11) is 0. The first-order valence-corrected chi connectivity index (χ1v) is 5.51. The molecular formula is C11H17N3O2. The summed E-state index contributed by atoms with van der Waals surface area (Å²) in [6.45, 7) is 5.89. The van der Waals surface area contributed by atoms with Crippen LogP contribution in [0.4, 0.5) is 0 Å². The van der Waals surface area contributed by atoms with Crippen molar-refractivity contribution in [1.29, 1.82) is 0 Å². The van der Waals surface area contributed by atoms with Gasteiger partial charge in [-0.05, 0) is 13.8 Å². The number of amides is 1. The van der Waals surface area contributed by atoms with Crippen LogP contribution in [0.5, 0.6) is 0 Å². The first kappa shape index (κ1) is 11.1. The molecule has 1 saturated heterocycles. The van der Waals surface area contributed by atoms with Crippen LogP contribution in [0.1, 0.15) is 23.4 Å². The molecule has 2 N–H and O–H groups in total. The minimum atomic E-state index is 0.0910. The molecule has 88 valence electrons. The first-order chi connectivity index (χ1) is 7.66. The molecule has 0 bridgehead atoms. The molecule has 0 atom stereocenters. The topological polar surface area (TPSA) is 67.0 Å².